The van der Waals surface area contributed by atoms with Crippen molar-refractivity contribution in [1.29, 1.82) is 0 Å². The molecule has 0 spiro atoms. The number of nitrogens with one attached hydrogen (secondary N) is 1. The Morgan fingerprint density at radius 3 is 2.73 bits per heavy atom. The third-order valence-electron chi connectivity index (χ3n) is 4.80. The van der Waals surface area contributed by atoms with Gasteiger partial charge >= 0.3 is 0 Å². The van der Waals surface area contributed by atoms with Crippen LogP contribution in [0.2, 0.25) is 0 Å². The van der Waals surface area contributed by atoms with E-state index < -0.39 is 6.10 Å². The van der Waals surface area contributed by atoms with Crippen LogP contribution >= 0.6 is 0 Å². The normalized spacial score (nSPS) is 26.0. The lowest BCUT2D eigenvalue weighted by Gasteiger charge is -2.36. The lowest BCUT2D eigenvalue weighted by molar-refractivity contribution is -0.954. The molecular weight excluding hydrogens is 282 g/mol. The fraction of sp³-hybridized carbons (Fsp3) is 0.647. The fourth-order valence-corrected chi connectivity index (χ4v) is 3.48. The van der Waals surface area contributed by atoms with Crippen LogP contribution in [0.3, 0.4) is 0 Å². The average Bonchev–Trinajstić information content (AvgIpc) is 2.96. The summed E-state index contributed by atoms with van der Waals surface area (Å²) in [6, 6.07) is 6.73. The fourth-order valence-electron chi connectivity index (χ4n) is 3.48. The van der Waals surface area contributed by atoms with Gasteiger partial charge in [-0.15, -0.1) is 0 Å². The highest BCUT2D eigenvalue weighted by atomic mass is 16.7. The first-order chi connectivity index (χ1) is 10.6. The maximum Gasteiger partial charge on any atom is 0.231 e. The molecule has 0 amide bonds. The first-order valence-corrected chi connectivity index (χ1v) is 8.19. The van der Waals surface area contributed by atoms with Crippen molar-refractivity contribution in [3.05, 3.63) is 18.2 Å². The first kappa shape index (κ1) is 15.4. The molecule has 0 aromatic heterocycles. The zero-order valence-electron chi connectivity index (χ0n) is 13.4. The van der Waals surface area contributed by atoms with E-state index in [4.69, 9.17) is 14.2 Å². The predicted octanol–water partition coefficient (Wildman–Crippen LogP) is 1.00. The lowest BCUT2D eigenvalue weighted by atomic mass is 9.97. The largest absolute Gasteiger partial charge is 0.491 e. The third kappa shape index (κ3) is 3.47. The molecule has 1 aromatic carbocycles. The molecule has 1 saturated heterocycles. The summed E-state index contributed by atoms with van der Waals surface area (Å²) in [7, 11) is 0. The Labute approximate surface area is 131 Å². The van der Waals surface area contributed by atoms with E-state index >= 15 is 0 Å². The van der Waals surface area contributed by atoms with E-state index in [1.165, 1.54) is 24.2 Å². The van der Waals surface area contributed by atoms with Crippen LogP contribution in [0.4, 0.5) is 0 Å². The van der Waals surface area contributed by atoms with Crippen molar-refractivity contribution in [2.75, 3.05) is 19.9 Å². The van der Waals surface area contributed by atoms with Gasteiger partial charge in [-0.3, -0.25) is 0 Å². The summed E-state index contributed by atoms with van der Waals surface area (Å²) in [6.45, 7) is 5.86. The second-order valence-corrected chi connectivity index (χ2v) is 6.49. The van der Waals surface area contributed by atoms with E-state index in [1.807, 2.05) is 18.2 Å². The van der Waals surface area contributed by atoms with Crippen molar-refractivity contribution >= 4 is 0 Å². The smallest absolute Gasteiger partial charge is 0.231 e. The molecule has 0 radical (unpaired) electrons. The summed E-state index contributed by atoms with van der Waals surface area (Å²) in [5, 5.41) is 10.3. The molecule has 0 saturated carbocycles. The molecule has 5 nitrogen and oxygen atoms in total. The number of fused-ring (bicyclic) bond motifs is 1. The highest BCUT2D eigenvalue weighted by Gasteiger charge is 2.30. The molecule has 2 heterocycles. The zero-order valence-corrected chi connectivity index (χ0v) is 13.4. The van der Waals surface area contributed by atoms with Gasteiger partial charge < -0.3 is 24.2 Å². The van der Waals surface area contributed by atoms with Crippen LogP contribution in [0.1, 0.15) is 33.1 Å². The molecule has 2 aliphatic heterocycles. The first-order valence-electron chi connectivity index (χ1n) is 8.19. The molecule has 5 heteroatoms. The van der Waals surface area contributed by atoms with Gasteiger partial charge in [-0.2, -0.15) is 0 Å². The van der Waals surface area contributed by atoms with Crippen LogP contribution in [-0.4, -0.2) is 43.2 Å². The molecule has 2 aliphatic rings. The number of aliphatic hydroxyl groups excluding tert-OH is 1. The van der Waals surface area contributed by atoms with Gasteiger partial charge in [-0.1, -0.05) is 0 Å². The maximum absolute atomic E-state index is 10.3. The molecule has 0 aliphatic carbocycles. The Morgan fingerprint density at radius 2 is 1.95 bits per heavy atom. The molecule has 0 unspecified atom stereocenters. The standard InChI is InChI=1S/C17H25NO4/c1-12-4-3-5-13(2)18(12)9-14(19)10-20-15-6-7-16-17(8-15)22-11-21-16/h6-8,12-14,19H,3-5,9-11H2,1-2H3/p+1/t12-,13-,14-/m0/s1. The predicted molar refractivity (Wildman–Crippen MR) is 82.7 cm³/mol. The van der Waals surface area contributed by atoms with Gasteiger partial charge in [0.2, 0.25) is 6.79 Å². The Morgan fingerprint density at radius 1 is 1.23 bits per heavy atom. The van der Waals surface area contributed by atoms with Crippen LogP contribution in [0.15, 0.2) is 18.2 Å². The Bertz CT molecular complexity index is 497. The van der Waals surface area contributed by atoms with Gasteiger partial charge in [0.25, 0.3) is 0 Å². The van der Waals surface area contributed by atoms with E-state index in [0.717, 1.165) is 12.3 Å². The number of hydrogen-bond donors (Lipinski definition) is 2. The van der Waals surface area contributed by atoms with E-state index in [0.29, 0.717) is 30.2 Å². The summed E-state index contributed by atoms with van der Waals surface area (Å²) in [5.74, 6) is 2.15. The van der Waals surface area contributed by atoms with Crippen molar-refractivity contribution in [1.82, 2.24) is 0 Å². The van der Waals surface area contributed by atoms with Gasteiger partial charge in [0, 0.05) is 6.07 Å². The number of ether oxygens (including phenoxy) is 3. The number of quaternary nitrogens is 1. The Balaban J connectivity index is 1.50. The minimum absolute atomic E-state index is 0.259. The Kier molecular flexibility index (Phi) is 4.74. The van der Waals surface area contributed by atoms with Crippen molar-refractivity contribution in [3.8, 4) is 17.2 Å². The van der Waals surface area contributed by atoms with Crippen molar-refractivity contribution in [2.24, 2.45) is 0 Å². The second kappa shape index (κ2) is 6.75. The van der Waals surface area contributed by atoms with Crippen molar-refractivity contribution in [3.63, 3.8) is 0 Å². The van der Waals surface area contributed by atoms with Crippen LogP contribution in [0.25, 0.3) is 0 Å². The summed E-state index contributed by atoms with van der Waals surface area (Å²) in [4.78, 5) is 1.49. The van der Waals surface area contributed by atoms with Crippen LogP contribution < -0.4 is 19.1 Å². The van der Waals surface area contributed by atoms with Crippen LogP contribution in [0.5, 0.6) is 17.2 Å². The highest BCUT2D eigenvalue weighted by molar-refractivity contribution is 5.46. The summed E-state index contributed by atoms with van der Waals surface area (Å²) >= 11 is 0. The third-order valence-corrected chi connectivity index (χ3v) is 4.80. The minimum atomic E-state index is -0.455. The van der Waals surface area contributed by atoms with Crippen LogP contribution in [-0.2, 0) is 0 Å². The summed E-state index contributed by atoms with van der Waals surface area (Å²) in [6.07, 6.45) is 3.34. The number of benzene rings is 1. The van der Waals surface area contributed by atoms with E-state index in [2.05, 4.69) is 13.8 Å². The maximum atomic E-state index is 10.3. The Hall–Kier alpha value is -1.46. The van der Waals surface area contributed by atoms with Crippen molar-refractivity contribution in [2.45, 2.75) is 51.3 Å². The molecule has 1 fully saturated rings. The number of likely N-dealkylation sites (tertiary alicyclic amines) is 1. The number of aliphatic hydroxyl groups is 1. The highest BCUT2D eigenvalue weighted by Crippen LogP contribution is 2.35. The quantitative estimate of drug-likeness (QED) is 0.852. The zero-order chi connectivity index (χ0) is 15.5. The van der Waals surface area contributed by atoms with Gasteiger partial charge in [0.1, 0.15) is 25.0 Å². The van der Waals surface area contributed by atoms with Gasteiger partial charge in [0.05, 0.1) is 12.1 Å². The monoisotopic (exact) mass is 308 g/mol. The average molecular weight is 308 g/mol. The minimum Gasteiger partial charge on any atom is -0.491 e. The molecule has 3 atom stereocenters. The van der Waals surface area contributed by atoms with Crippen molar-refractivity contribution < 1.29 is 24.2 Å². The van der Waals surface area contributed by atoms with E-state index in [1.54, 1.807) is 0 Å². The SMILES string of the molecule is C[C@H]1CCC[C@H](C)[NH+]1C[C@H](O)COc1ccc2c(c1)OCO2. The number of piperidine rings is 1. The number of hydrogen-bond acceptors (Lipinski definition) is 4. The topological polar surface area (TPSA) is 52.4 Å². The summed E-state index contributed by atoms with van der Waals surface area (Å²) in [5.41, 5.74) is 0. The lowest BCUT2D eigenvalue weighted by Crippen LogP contribution is -3.20. The molecule has 2 N–H and O–H groups in total. The second-order valence-electron chi connectivity index (χ2n) is 6.49. The summed E-state index contributed by atoms with van der Waals surface area (Å²) < 4.78 is 16.3. The van der Waals surface area contributed by atoms with Gasteiger partial charge in [-0.05, 0) is 45.2 Å². The van der Waals surface area contributed by atoms with E-state index in [9.17, 15) is 5.11 Å². The van der Waals surface area contributed by atoms with Crippen LogP contribution in [0, 0.1) is 0 Å². The molecular formula is C17H26NO4+. The molecule has 122 valence electrons. The molecule has 1 aromatic rings. The number of rotatable bonds is 5. The molecule has 3 rings (SSSR count). The van der Waals surface area contributed by atoms with E-state index in [-0.39, 0.29) is 6.79 Å². The van der Waals surface area contributed by atoms with Gasteiger partial charge in [0.15, 0.2) is 11.5 Å². The van der Waals surface area contributed by atoms with Gasteiger partial charge in [-0.25, -0.2) is 0 Å². The molecule has 22 heavy (non-hydrogen) atoms. The molecule has 0 bridgehead atoms.